The number of benzene rings is 2. The maximum Gasteiger partial charge on any atom is 0.343 e. The Balaban J connectivity index is 2.25. The van der Waals surface area contributed by atoms with Crippen molar-refractivity contribution < 1.29 is 28.7 Å². The third-order valence-corrected chi connectivity index (χ3v) is 3.70. The van der Waals surface area contributed by atoms with Crippen LogP contribution < -0.4 is 9.47 Å². The van der Waals surface area contributed by atoms with E-state index in [0.717, 1.165) is 6.07 Å². The number of nitrogens with zero attached hydrogens (tertiary/aromatic N) is 1. The van der Waals surface area contributed by atoms with Crippen LogP contribution in [0.25, 0.3) is 6.08 Å². The molecule has 2 aromatic rings. The first-order valence-corrected chi connectivity index (χ1v) is 7.83. The molecule has 2 rings (SSSR count). The fraction of sp³-hybridized carbons (Fsp3) is 0.111. The van der Waals surface area contributed by atoms with Gasteiger partial charge in [0.25, 0.3) is 5.69 Å². The van der Waals surface area contributed by atoms with Crippen LogP contribution in [0.2, 0.25) is 5.02 Å². The van der Waals surface area contributed by atoms with Crippen molar-refractivity contribution in [3.63, 3.8) is 0 Å². The highest BCUT2D eigenvalue weighted by molar-refractivity contribution is 6.32. The summed E-state index contributed by atoms with van der Waals surface area (Å²) in [5, 5.41) is 10.8. The number of nitro benzene ring substituents is 1. The number of carbonyl (C=O) groups is 2. The van der Waals surface area contributed by atoms with Gasteiger partial charge in [0.1, 0.15) is 5.02 Å². The van der Waals surface area contributed by atoms with Crippen molar-refractivity contribution in [3.8, 4) is 11.5 Å². The lowest BCUT2D eigenvalue weighted by atomic mass is 10.1. The van der Waals surface area contributed by atoms with Gasteiger partial charge in [0, 0.05) is 12.1 Å². The van der Waals surface area contributed by atoms with Crippen LogP contribution in [0, 0.1) is 10.1 Å². The predicted octanol–water partition coefficient (Wildman–Crippen LogP) is 3.66. The molecular weight excluding hydrogens is 378 g/mol. The van der Waals surface area contributed by atoms with Crippen LogP contribution in [0.15, 0.2) is 42.5 Å². The fourth-order valence-corrected chi connectivity index (χ4v) is 2.23. The Bertz CT molecular complexity index is 924. The summed E-state index contributed by atoms with van der Waals surface area (Å²) in [5.74, 6) is -0.992. The zero-order valence-corrected chi connectivity index (χ0v) is 15.1. The maximum absolute atomic E-state index is 12.3. The molecule has 0 spiro atoms. The molecule has 2 aromatic carbocycles. The standard InChI is InChI=1S/C18H14ClNO7/c1-25-16-9-11(4-8-17(21)26-2)3-7-15(16)27-18(22)12-5-6-13(19)14(10-12)20(23)24/h3-10H,1-2H3/b8-4+. The Hall–Kier alpha value is -3.39. The second-order valence-corrected chi connectivity index (χ2v) is 5.49. The minimum Gasteiger partial charge on any atom is -0.493 e. The van der Waals surface area contributed by atoms with E-state index < -0.39 is 22.5 Å². The number of esters is 2. The van der Waals surface area contributed by atoms with E-state index in [1.165, 1.54) is 44.6 Å². The molecule has 0 amide bonds. The Morgan fingerprint density at radius 2 is 1.85 bits per heavy atom. The summed E-state index contributed by atoms with van der Waals surface area (Å²) in [7, 11) is 2.64. The van der Waals surface area contributed by atoms with Crippen molar-refractivity contribution >= 4 is 35.3 Å². The lowest BCUT2D eigenvalue weighted by Crippen LogP contribution is -2.10. The van der Waals surface area contributed by atoms with E-state index in [1.807, 2.05) is 0 Å². The molecule has 0 aromatic heterocycles. The van der Waals surface area contributed by atoms with E-state index in [-0.39, 0.29) is 22.1 Å². The Kier molecular flexibility index (Phi) is 6.51. The minimum absolute atomic E-state index is 0.0391. The van der Waals surface area contributed by atoms with E-state index in [2.05, 4.69) is 4.74 Å². The first kappa shape index (κ1) is 19.9. The van der Waals surface area contributed by atoms with Crippen molar-refractivity contribution in [1.29, 1.82) is 0 Å². The molecule has 0 saturated carbocycles. The summed E-state index contributed by atoms with van der Waals surface area (Å²) in [5.41, 5.74) is 0.170. The summed E-state index contributed by atoms with van der Waals surface area (Å²) in [4.78, 5) is 33.7. The Morgan fingerprint density at radius 3 is 2.48 bits per heavy atom. The van der Waals surface area contributed by atoms with Crippen LogP contribution in [0.3, 0.4) is 0 Å². The van der Waals surface area contributed by atoms with Crippen molar-refractivity contribution in [3.05, 3.63) is 68.7 Å². The van der Waals surface area contributed by atoms with Gasteiger partial charge in [-0.1, -0.05) is 17.7 Å². The molecule has 0 aliphatic rings. The van der Waals surface area contributed by atoms with Gasteiger partial charge in [0.15, 0.2) is 11.5 Å². The largest absolute Gasteiger partial charge is 0.493 e. The second kappa shape index (κ2) is 8.81. The van der Waals surface area contributed by atoms with Gasteiger partial charge in [-0.05, 0) is 35.9 Å². The number of rotatable bonds is 6. The topological polar surface area (TPSA) is 105 Å². The SMILES string of the molecule is COC(=O)/C=C/c1ccc(OC(=O)c2ccc(Cl)c([N+](=O)[O-])c2)c(OC)c1. The Labute approximate surface area is 159 Å². The normalized spacial score (nSPS) is 10.5. The molecular formula is C18H14ClNO7. The van der Waals surface area contributed by atoms with Crippen LogP contribution in [-0.4, -0.2) is 31.1 Å². The van der Waals surface area contributed by atoms with Crippen LogP contribution >= 0.6 is 11.6 Å². The number of halogens is 1. The fourth-order valence-electron chi connectivity index (χ4n) is 2.04. The molecule has 0 aliphatic carbocycles. The van der Waals surface area contributed by atoms with E-state index >= 15 is 0 Å². The van der Waals surface area contributed by atoms with Crippen LogP contribution in [-0.2, 0) is 9.53 Å². The zero-order valence-electron chi connectivity index (χ0n) is 14.3. The van der Waals surface area contributed by atoms with E-state index in [9.17, 15) is 19.7 Å². The van der Waals surface area contributed by atoms with Gasteiger partial charge in [-0.25, -0.2) is 9.59 Å². The molecule has 0 unspecified atom stereocenters. The lowest BCUT2D eigenvalue weighted by Gasteiger charge is -2.10. The highest BCUT2D eigenvalue weighted by Gasteiger charge is 2.19. The van der Waals surface area contributed by atoms with Gasteiger partial charge >= 0.3 is 11.9 Å². The highest BCUT2D eigenvalue weighted by atomic mass is 35.5. The molecule has 0 heterocycles. The summed E-state index contributed by atoms with van der Waals surface area (Å²) in [6.07, 6.45) is 2.73. The number of nitro groups is 1. The van der Waals surface area contributed by atoms with Crippen LogP contribution in [0.1, 0.15) is 15.9 Å². The summed E-state index contributed by atoms with van der Waals surface area (Å²) >= 11 is 5.73. The molecule has 0 saturated heterocycles. The predicted molar refractivity (Wildman–Crippen MR) is 97.1 cm³/mol. The van der Waals surface area contributed by atoms with Crippen molar-refractivity contribution in [2.45, 2.75) is 0 Å². The molecule has 0 radical (unpaired) electrons. The molecule has 0 fully saturated rings. The van der Waals surface area contributed by atoms with Gasteiger partial charge < -0.3 is 14.2 Å². The number of hydrogen-bond acceptors (Lipinski definition) is 7. The molecule has 8 nitrogen and oxygen atoms in total. The Morgan fingerprint density at radius 1 is 1.11 bits per heavy atom. The first-order valence-electron chi connectivity index (χ1n) is 7.46. The molecule has 0 atom stereocenters. The molecule has 0 aliphatic heterocycles. The monoisotopic (exact) mass is 391 g/mol. The summed E-state index contributed by atoms with van der Waals surface area (Å²) < 4.78 is 14.9. The second-order valence-electron chi connectivity index (χ2n) is 5.08. The van der Waals surface area contributed by atoms with Crippen molar-refractivity contribution in [2.24, 2.45) is 0 Å². The third-order valence-electron chi connectivity index (χ3n) is 3.38. The molecule has 27 heavy (non-hydrogen) atoms. The summed E-state index contributed by atoms with van der Waals surface area (Å²) in [6, 6.07) is 8.20. The van der Waals surface area contributed by atoms with Crippen LogP contribution in [0.5, 0.6) is 11.5 Å². The number of carbonyl (C=O) groups excluding carboxylic acids is 2. The number of hydrogen-bond donors (Lipinski definition) is 0. The maximum atomic E-state index is 12.3. The summed E-state index contributed by atoms with van der Waals surface area (Å²) in [6.45, 7) is 0. The minimum atomic E-state index is -0.814. The van der Waals surface area contributed by atoms with E-state index in [0.29, 0.717) is 5.56 Å². The quantitative estimate of drug-likeness (QED) is 0.243. The van der Waals surface area contributed by atoms with Crippen molar-refractivity contribution in [1.82, 2.24) is 0 Å². The average Bonchev–Trinajstić information content (AvgIpc) is 2.66. The van der Waals surface area contributed by atoms with E-state index in [1.54, 1.807) is 12.1 Å². The smallest absolute Gasteiger partial charge is 0.343 e. The zero-order chi connectivity index (χ0) is 20.0. The molecule has 0 bridgehead atoms. The lowest BCUT2D eigenvalue weighted by molar-refractivity contribution is -0.384. The molecule has 9 heteroatoms. The number of ether oxygens (including phenoxy) is 3. The van der Waals surface area contributed by atoms with Crippen molar-refractivity contribution in [2.75, 3.05) is 14.2 Å². The molecule has 140 valence electrons. The molecule has 0 N–H and O–H groups in total. The first-order chi connectivity index (χ1) is 12.8. The number of methoxy groups -OCH3 is 2. The van der Waals surface area contributed by atoms with Gasteiger partial charge in [0.05, 0.1) is 24.7 Å². The van der Waals surface area contributed by atoms with Gasteiger partial charge in [0.2, 0.25) is 0 Å². The highest BCUT2D eigenvalue weighted by Crippen LogP contribution is 2.30. The van der Waals surface area contributed by atoms with Gasteiger partial charge in [-0.2, -0.15) is 0 Å². The van der Waals surface area contributed by atoms with Gasteiger partial charge in [-0.15, -0.1) is 0 Å². The third kappa shape index (κ3) is 5.05. The van der Waals surface area contributed by atoms with Gasteiger partial charge in [-0.3, -0.25) is 10.1 Å². The average molecular weight is 392 g/mol. The van der Waals surface area contributed by atoms with Crippen LogP contribution in [0.4, 0.5) is 5.69 Å². The van der Waals surface area contributed by atoms with E-state index in [4.69, 9.17) is 21.1 Å².